The maximum Gasteiger partial charge on any atom is 0.335 e. The summed E-state index contributed by atoms with van der Waals surface area (Å²) in [5.41, 5.74) is 1.34. The molecule has 1 fully saturated rings. The first kappa shape index (κ1) is 22.1. The number of anilines is 1. The van der Waals surface area contributed by atoms with E-state index in [1.807, 2.05) is 0 Å². The number of carbonyl (C=O) groups excluding carboxylic acids is 3. The first-order valence-electron chi connectivity index (χ1n) is 9.54. The minimum absolute atomic E-state index is 0.207. The van der Waals surface area contributed by atoms with Gasteiger partial charge in [-0.05, 0) is 49.2 Å². The molecular weight excluding hydrogens is 420 g/mol. The fraction of sp³-hybridized carbons (Fsp3) is 0.174. The van der Waals surface area contributed by atoms with Crippen molar-refractivity contribution in [1.82, 2.24) is 5.32 Å². The van der Waals surface area contributed by atoms with Gasteiger partial charge in [0.1, 0.15) is 12.2 Å². The van der Waals surface area contributed by atoms with Gasteiger partial charge in [-0.15, -0.1) is 0 Å². The topological polar surface area (TPSA) is 84.9 Å². The van der Waals surface area contributed by atoms with Gasteiger partial charge in [-0.2, -0.15) is 0 Å². The van der Waals surface area contributed by atoms with Crippen LogP contribution in [0.2, 0.25) is 5.02 Å². The van der Waals surface area contributed by atoms with Crippen molar-refractivity contribution in [3.8, 4) is 11.5 Å². The summed E-state index contributed by atoms with van der Waals surface area (Å²) >= 11 is 6.35. The largest absolute Gasteiger partial charge is 0.490 e. The summed E-state index contributed by atoms with van der Waals surface area (Å²) in [4.78, 5) is 38.8. The van der Waals surface area contributed by atoms with Crippen LogP contribution >= 0.6 is 11.6 Å². The molecule has 0 radical (unpaired) electrons. The van der Waals surface area contributed by atoms with Gasteiger partial charge in [-0.1, -0.05) is 42.5 Å². The van der Waals surface area contributed by atoms with Crippen molar-refractivity contribution in [2.45, 2.75) is 13.8 Å². The Kier molecular flexibility index (Phi) is 6.77. The number of hydrogen-bond acceptors (Lipinski definition) is 5. The number of nitrogens with zero attached hydrogens (tertiary/aromatic N) is 1. The van der Waals surface area contributed by atoms with E-state index in [4.69, 9.17) is 21.1 Å². The Balaban J connectivity index is 2.04. The van der Waals surface area contributed by atoms with E-state index in [9.17, 15) is 14.4 Å². The number of urea groups is 1. The van der Waals surface area contributed by atoms with Crippen LogP contribution in [0.25, 0.3) is 6.08 Å². The van der Waals surface area contributed by atoms with Crippen LogP contribution in [0, 0.1) is 6.92 Å². The SMILES string of the molecule is C=CCOc1c(Cl)cc(/C=C2\C(=O)NC(=O)N(c3ccccc3C)C2=O)cc1OCC. The van der Waals surface area contributed by atoms with Crippen molar-refractivity contribution < 1.29 is 23.9 Å². The second-order valence-electron chi connectivity index (χ2n) is 6.61. The van der Waals surface area contributed by atoms with Crippen LogP contribution in [0.15, 0.2) is 54.6 Å². The van der Waals surface area contributed by atoms with Crippen LogP contribution in [0.3, 0.4) is 0 Å². The Bertz CT molecular complexity index is 1090. The standard InChI is InChI=1S/C23H21ClN2O5/c1-4-10-31-20-17(24)12-15(13-19(20)30-5-2)11-16-21(27)25-23(29)26(22(16)28)18-9-7-6-8-14(18)3/h4,6-9,11-13H,1,5,10H2,2-3H3,(H,25,27,29)/b16-11+. The van der Waals surface area contributed by atoms with Crippen LogP contribution in [0.1, 0.15) is 18.1 Å². The molecule has 1 aliphatic heterocycles. The summed E-state index contributed by atoms with van der Waals surface area (Å²) in [6.07, 6.45) is 2.94. The summed E-state index contributed by atoms with van der Waals surface area (Å²) in [5, 5.41) is 2.45. The van der Waals surface area contributed by atoms with E-state index in [1.54, 1.807) is 56.3 Å². The number of amides is 4. The highest BCUT2D eigenvalue weighted by molar-refractivity contribution is 6.39. The zero-order chi connectivity index (χ0) is 22.5. The zero-order valence-corrected chi connectivity index (χ0v) is 17.9. The molecule has 3 rings (SSSR count). The number of imide groups is 2. The number of aryl methyl sites for hydroxylation is 1. The van der Waals surface area contributed by atoms with Gasteiger partial charge >= 0.3 is 6.03 Å². The van der Waals surface area contributed by atoms with E-state index >= 15 is 0 Å². The molecule has 0 atom stereocenters. The highest BCUT2D eigenvalue weighted by Crippen LogP contribution is 2.37. The predicted octanol–water partition coefficient (Wildman–Crippen LogP) is 4.28. The molecule has 0 spiro atoms. The number of rotatable bonds is 7. The summed E-state index contributed by atoms with van der Waals surface area (Å²) in [6.45, 7) is 7.77. The molecule has 1 aliphatic rings. The number of nitrogens with one attached hydrogen (secondary N) is 1. The minimum Gasteiger partial charge on any atom is -0.490 e. The number of halogens is 1. The third-order valence-electron chi connectivity index (χ3n) is 4.45. The van der Waals surface area contributed by atoms with E-state index in [-0.39, 0.29) is 17.2 Å². The maximum absolute atomic E-state index is 13.1. The number of ether oxygens (including phenoxy) is 2. The molecule has 1 N–H and O–H groups in total. The summed E-state index contributed by atoms with van der Waals surface area (Å²) in [5.74, 6) is -0.828. The minimum atomic E-state index is -0.803. The molecule has 0 saturated carbocycles. The van der Waals surface area contributed by atoms with Crippen molar-refractivity contribution in [2.24, 2.45) is 0 Å². The molecule has 0 aliphatic carbocycles. The molecule has 8 heteroatoms. The van der Waals surface area contributed by atoms with E-state index in [1.165, 1.54) is 6.08 Å². The lowest BCUT2D eigenvalue weighted by Crippen LogP contribution is -2.54. The predicted molar refractivity (Wildman–Crippen MR) is 118 cm³/mol. The van der Waals surface area contributed by atoms with E-state index in [2.05, 4.69) is 11.9 Å². The van der Waals surface area contributed by atoms with Crippen molar-refractivity contribution in [3.05, 3.63) is 70.8 Å². The zero-order valence-electron chi connectivity index (χ0n) is 17.1. The number of hydrogen-bond donors (Lipinski definition) is 1. The van der Waals surface area contributed by atoms with Gasteiger partial charge in [0.25, 0.3) is 11.8 Å². The van der Waals surface area contributed by atoms with Gasteiger partial charge in [0.15, 0.2) is 11.5 Å². The fourth-order valence-corrected chi connectivity index (χ4v) is 3.35. The van der Waals surface area contributed by atoms with Crippen LogP contribution in [0.5, 0.6) is 11.5 Å². The number of benzene rings is 2. The molecule has 0 bridgehead atoms. The molecule has 31 heavy (non-hydrogen) atoms. The van der Waals surface area contributed by atoms with Crippen LogP contribution in [-0.2, 0) is 9.59 Å². The van der Waals surface area contributed by atoms with E-state index in [0.29, 0.717) is 34.9 Å². The lowest BCUT2D eigenvalue weighted by atomic mass is 10.1. The monoisotopic (exact) mass is 440 g/mol. The van der Waals surface area contributed by atoms with Crippen molar-refractivity contribution in [2.75, 3.05) is 18.1 Å². The van der Waals surface area contributed by atoms with Gasteiger partial charge in [0, 0.05) is 0 Å². The first-order chi connectivity index (χ1) is 14.9. The molecule has 1 heterocycles. The summed E-state index contributed by atoms with van der Waals surface area (Å²) in [6, 6.07) is 9.25. The third kappa shape index (κ3) is 4.62. The fourth-order valence-electron chi connectivity index (χ4n) is 3.07. The molecule has 0 aromatic heterocycles. The second-order valence-corrected chi connectivity index (χ2v) is 7.01. The average molecular weight is 441 g/mol. The first-order valence-corrected chi connectivity index (χ1v) is 9.92. The molecule has 4 amide bonds. The molecule has 2 aromatic rings. The second kappa shape index (κ2) is 9.49. The highest BCUT2D eigenvalue weighted by Gasteiger charge is 2.37. The van der Waals surface area contributed by atoms with Crippen LogP contribution < -0.4 is 19.7 Å². The van der Waals surface area contributed by atoms with Gasteiger partial charge in [-0.3, -0.25) is 14.9 Å². The molecular formula is C23H21ClN2O5. The van der Waals surface area contributed by atoms with E-state index < -0.39 is 17.8 Å². The number of para-hydroxylation sites is 1. The lowest BCUT2D eigenvalue weighted by Gasteiger charge is -2.27. The Hall–Kier alpha value is -3.58. The molecule has 1 saturated heterocycles. The molecule has 7 nitrogen and oxygen atoms in total. The van der Waals surface area contributed by atoms with Gasteiger partial charge in [0.2, 0.25) is 0 Å². The van der Waals surface area contributed by atoms with E-state index in [0.717, 1.165) is 4.90 Å². The normalized spacial score (nSPS) is 15.1. The number of barbiturate groups is 1. The Morgan fingerprint density at radius 1 is 1.16 bits per heavy atom. The summed E-state index contributed by atoms with van der Waals surface area (Å²) < 4.78 is 11.2. The van der Waals surface area contributed by atoms with Gasteiger partial charge in [0.05, 0.1) is 17.3 Å². The highest BCUT2D eigenvalue weighted by atomic mass is 35.5. The summed E-state index contributed by atoms with van der Waals surface area (Å²) in [7, 11) is 0. The number of carbonyl (C=O) groups is 3. The Morgan fingerprint density at radius 2 is 1.90 bits per heavy atom. The molecule has 160 valence electrons. The van der Waals surface area contributed by atoms with Crippen molar-refractivity contribution in [3.63, 3.8) is 0 Å². The quantitative estimate of drug-likeness (QED) is 0.394. The molecule has 2 aromatic carbocycles. The average Bonchev–Trinajstić information content (AvgIpc) is 2.72. The smallest absolute Gasteiger partial charge is 0.335 e. The third-order valence-corrected chi connectivity index (χ3v) is 4.73. The van der Waals surface area contributed by atoms with Gasteiger partial charge < -0.3 is 9.47 Å². The Labute approximate surface area is 184 Å². The Morgan fingerprint density at radius 3 is 2.58 bits per heavy atom. The lowest BCUT2D eigenvalue weighted by molar-refractivity contribution is -0.122. The van der Waals surface area contributed by atoms with Crippen molar-refractivity contribution >= 4 is 41.2 Å². The van der Waals surface area contributed by atoms with Crippen LogP contribution in [-0.4, -0.2) is 31.1 Å². The molecule has 0 unspecified atom stereocenters. The van der Waals surface area contributed by atoms with Gasteiger partial charge in [-0.25, -0.2) is 9.69 Å². The van der Waals surface area contributed by atoms with Crippen molar-refractivity contribution in [1.29, 1.82) is 0 Å². The van der Waals surface area contributed by atoms with Crippen LogP contribution in [0.4, 0.5) is 10.5 Å². The maximum atomic E-state index is 13.1.